The zero-order valence-electron chi connectivity index (χ0n) is 13.8. The summed E-state index contributed by atoms with van der Waals surface area (Å²) >= 11 is 1.83. The van der Waals surface area contributed by atoms with Gasteiger partial charge in [-0.1, -0.05) is 0 Å². The van der Waals surface area contributed by atoms with Crippen LogP contribution in [0.3, 0.4) is 0 Å². The molecule has 1 atom stereocenters. The predicted octanol–water partition coefficient (Wildman–Crippen LogP) is 3.14. The molecule has 4 rings (SSSR count). The van der Waals surface area contributed by atoms with Gasteiger partial charge in [0.05, 0.1) is 5.75 Å². The summed E-state index contributed by atoms with van der Waals surface area (Å²) in [5, 5.41) is 0. The molecule has 1 aromatic rings. The Balaban J connectivity index is 1.32. The summed E-state index contributed by atoms with van der Waals surface area (Å²) < 4.78 is 2.35. The largest absolute Gasteiger partial charge is 0.341 e. The van der Waals surface area contributed by atoms with Crippen LogP contribution in [-0.4, -0.2) is 45.0 Å². The summed E-state index contributed by atoms with van der Waals surface area (Å²) in [6.45, 7) is 2.92. The van der Waals surface area contributed by atoms with Gasteiger partial charge in [0.2, 0.25) is 5.91 Å². The Kier molecular flexibility index (Phi) is 4.65. The SMILES string of the molecule is O=C(CSCC1CC1)N1CCCC(c2nccn2CC2CC2)C1. The van der Waals surface area contributed by atoms with Crippen molar-refractivity contribution in [3.05, 3.63) is 18.2 Å². The lowest BCUT2D eigenvalue weighted by Gasteiger charge is -2.32. The third kappa shape index (κ3) is 4.11. The Morgan fingerprint density at radius 3 is 2.83 bits per heavy atom. The Hall–Kier alpha value is -0.970. The number of carbonyl (C=O) groups is 1. The molecule has 0 bridgehead atoms. The van der Waals surface area contributed by atoms with Gasteiger partial charge in [0.25, 0.3) is 0 Å². The van der Waals surface area contributed by atoms with Crippen molar-refractivity contribution in [1.82, 2.24) is 14.5 Å². The average molecular weight is 334 g/mol. The molecule has 1 aromatic heterocycles. The number of likely N-dealkylation sites (tertiary alicyclic amines) is 1. The fourth-order valence-corrected chi connectivity index (χ4v) is 4.66. The van der Waals surface area contributed by atoms with Crippen LogP contribution in [0.15, 0.2) is 12.4 Å². The molecule has 126 valence electrons. The fraction of sp³-hybridized carbons (Fsp3) is 0.778. The number of rotatable bonds is 7. The number of thioether (sulfide) groups is 1. The molecule has 0 aromatic carbocycles. The summed E-state index contributed by atoms with van der Waals surface area (Å²) in [6.07, 6.45) is 11.8. The highest BCUT2D eigenvalue weighted by atomic mass is 32.2. The first kappa shape index (κ1) is 15.6. The van der Waals surface area contributed by atoms with Crippen molar-refractivity contribution in [2.75, 3.05) is 24.6 Å². The quantitative estimate of drug-likeness (QED) is 0.769. The zero-order chi connectivity index (χ0) is 15.6. The van der Waals surface area contributed by atoms with Crippen molar-refractivity contribution in [1.29, 1.82) is 0 Å². The highest BCUT2D eigenvalue weighted by molar-refractivity contribution is 7.99. The first-order valence-corrected chi connectivity index (χ1v) is 10.3. The lowest BCUT2D eigenvalue weighted by Crippen LogP contribution is -2.40. The van der Waals surface area contributed by atoms with E-state index in [0.717, 1.165) is 37.9 Å². The third-order valence-corrected chi connectivity index (χ3v) is 6.47. The summed E-state index contributed by atoms with van der Waals surface area (Å²) in [7, 11) is 0. The maximum Gasteiger partial charge on any atom is 0.232 e. The number of imidazole rings is 1. The van der Waals surface area contributed by atoms with Gasteiger partial charge in [0.15, 0.2) is 0 Å². The Labute approximate surface area is 143 Å². The molecule has 5 heteroatoms. The van der Waals surface area contributed by atoms with E-state index < -0.39 is 0 Å². The van der Waals surface area contributed by atoms with Gasteiger partial charge in [-0.15, -0.1) is 0 Å². The molecule has 0 radical (unpaired) electrons. The van der Waals surface area contributed by atoms with Gasteiger partial charge >= 0.3 is 0 Å². The van der Waals surface area contributed by atoms with Gasteiger partial charge in [0.1, 0.15) is 5.82 Å². The van der Waals surface area contributed by atoms with Gasteiger partial charge in [-0.25, -0.2) is 4.98 Å². The Bertz CT molecular complexity index is 550. The Morgan fingerprint density at radius 1 is 1.22 bits per heavy atom. The first-order valence-electron chi connectivity index (χ1n) is 9.16. The molecule has 2 aliphatic carbocycles. The van der Waals surface area contributed by atoms with E-state index in [4.69, 9.17) is 0 Å². The Morgan fingerprint density at radius 2 is 2.04 bits per heavy atom. The molecule has 4 nitrogen and oxygen atoms in total. The van der Waals surface area contributed by atoms with Crippen LogP contribution in [0.5, 0.6) is 0 Å². The highest BCUT2D eigenvalue weighted by Crippen LogP contribution is 2.34. The van der Waals surface area contributed by atoms with Crippen LogP contribution in [0.25, 0.3) is 0 Å². The number of aromatic nitrogens is 2. The smallest absolute Gasteiger partial charge is 0.232 e. The number of nitrogens with zero attached hydrogens (tertiary/aromatic N) is 3. The standard InChI is InChI=1S/C18H27N3OS/c22-17(13-23-12-15-5-6-15)20-8-1-2-16(11-20)18-19-7-9-21(18)10-14-3-4-14/h7,9,14-16H,1-6,8,10-13H2. The monoisotopic (exact) mass is 333 g/mol. The molecule has 1 unspecified atom stereocenters. The second kappa shape index (κ2) is 6.88. The fourth-order valence-electron chi connectivity index (χ4n) is 3.52. The predicted molar refractivity (Wildman–Crippen MR) is 93.6 cm³/mol. The number of hydrogen-bond acceptors (Lipinski definition) is 3. The van der Waals surface area contributed by atoms with E-state index >= 15 is 0 Å². The molecule has 2 saturated carbocycles. The summed E-state index contributed by atoms with van der Waals surface area (Å²) in [4.78, 5) is 19.2. The molecular weight excluding hydrogens is 306 g/mol. The van der Waals surface area contributed by atoms with Gasteiger partial charge in [-0.2, -0.15) is 11.8 Å². The van der Waals surface area contributed by atoms with Gasteiger partial charge in [-0.05, 0) is 56.1 Å². The lowest BCUT2D eigenvalue weighted by molar-refractivity contribution is -0.129. The van der Waals surface area contributed by atoms with Crippen LogP contribution in [0.1, 0.15) is 50.3 Å². The van der Waals surface area contributed by atoms with Crippen LogP contribution in [0, 0.1) is 11.8 Å². The van der Waals surface area contributed by atoms with Gasteiger partial charge in [0, 0.05) is 37.9 Å². The van der Waals surface area contributed by atoms with Crippen molar-refractivity contribution >= 4 is 17.7 Å². The molecular formula is C18H27N3OS. The summed E-state index contributed by atoms with van der Waals surface area (Å²) in [5.41, 5.74) is 0. The molecule has 23 heavy (non-hydrogen) atoms. The second-order valence-corrected chi connectivity index (χ2v) is 8.55. The molecule has 1 aliphatic heterocycles. The van der Waals surface area contributed by atoms with Crippen molar-refractivity contribution in [3.63, 3.8) is 0 Å². The molecule has 2 heterocycles. The number of carbonyl (C=O) groups excluding carboxylic acids is 1. The van der Waals surface area contributed by atoms with Crippen LogP contribution in [0.4, 0.5) is 0 Å². The van der Waals surface area contributed by atoms with E-state index in [1.165, 1.54) is 43.7 Å². The molecule has 3 aliphatic rings. The van der Waals surface area contributed by atoms with Crippen molar-refractivity contribution in [2.45, 2.75) is 51.0 Å². The maximum absolute atomic E-state index is 12.5. The first-order chi connectivity index (χ1) is 11.3. The van der Waals surface area contributed by atoms with E-state index in [0.29, 0.717) is 17.6 Å². The number of piperidine rings is 1. The average Bonchev–Trinajstić information content (AvgIpc) is 3.48. The second-order valence-electron chi connectivity index (χ2n) is 7.52. The van der Waals surface area contributed by atoms with Crippen molar-refractivity contribution in [3.8, 4) is 0 Å². The molecule has 0 N–H and O–H groups in total. The number of amides is 1. The zero-order valence-corrected chi connectivity index (χ0v) is 14.6. The van der Waals surface area contributed by atoms with Gasteiger partial charge < -0.3 is 9.47 Å². The van der Waals surface area contributed by atoms with Crippen molar-refractivity contribution < 1.29 is 4.79 Å². The highest BCUT2D eigenvalue weighted by Gasteiger charge is 2.29. The van der Waals surface area contributed by atoms with Crippen LogP contribution in [0.2, 0.25) is 0 Å². The van der Waals surface area contributed by atoms with E-state index in [2.05, 4.69) is 20.6 Å². The van der Waals surface area contributed by atoms with E-state index in [9.17, 15) is 4.79 Å². The minimum Gasteiger partial charge on any atom is -0.341 e. The molecule has 3 fully saturated rings. The van der Waals surface area contributed by atoms with E-state index in [1.54, 1.807) is 0 Å². The summed E-state index contributed by atoms with van der Waals surface area (Å²) in [5.74, 6) is 5.57. The molecule has 1 saturated heterocycles. The molecule has 0 spiro atoms. The van der Waals surface area contributed by atoms with Gasteiger partial charge in [-0.3, -0.25) is 4.79 Å². The van der Waals surface area contributed by atoms with E-state index in [1.807, 2.05) is 18.0 Å². The lowest BCUT2D eigenvalue weighted by atomic mass is 9.97. The topological polar surface area (TPSA) is 38.1 Å². The molecule has 1 amide bonds. The summed E-state index contributed by atoms with van der Waals surface area (Å²) in [6, 6.07) is 0. The maximum atomic E-state index is 12.5. The van der Waals surface area contributed by atoms with Crippen molar-refractivity contribution in [2.24, 2.45) is 11.8 Å². The third-order valence-electron chi connectivity index (χ3n) is 5.31. The number of hydrogen-bond donors (Lipinski definition) is 0. The van der Waals surface area contributed by atoms with Crippen LogP contribution in [-0.2, 0) is 11.3 Å². The van der Waals surface area contributed by atoms with Crippen LogP contribution >= 0.6 is 11.8 Å². The van der Waals surface area contributed by atoms with Crippen LogP contribution < -0.4 is 0 Å². The minimum atomic E-state index is 0.334. The van der Waals surface area contributed by atoms with E-state index in [-0.39, 0.29) is 0 Å². The minimum absolute atomic E-state index is 0.334. The normalized spacial score (nSPS) is 24.9.